The molecule has 0 spiro atoms. The van der Waals surface area contributed by atoms with Crippen LogP contribution in [0.15, 0.2) is 36.5 Å². The van der Waals surface area contributed by atoms with Crippen molar-refractivity contribution in [1.29, 1.82) is 0 Å². The molecule has 3 aromatic rings. The lowest BCUT2D eigenvalue weighted by atomic mass is 10.0. The Morgan fingerprint density at radius 2 is 2.12 bits per heavy atom. The van der Waals surface area contributed by atoms with E-state index in [-0.39, 0.29) is 5.78 Å². The van der Waals surface area contributed by atoms with Crippen LogP contribution in [0.2, 0.25) is 0 Å². The molecule has 0 radical (unpaired) electrons. The second-order valence-corrected chi connectivity index (χ2v) is 3.81. The quantitative estimate of drug-likeness (QED) is 0.627. The average molecular weight is 210 g/mol. The largest absolute Gasteiger partial charge is 0.339 e. The van der Waals surface area contributed by atoms with Gasteiger partial charge in [-0.1, -0.05) is 12.1 Å². The molecule has 0 saturated heterocycles. The molecule has 0 fully saturated rings. The highest BCUT2D eigenvalue weighted by molar-refractivity contribution is 6.16. The number of carbonyl (C=O) groups is 1. The summed E-state index contributed by atoms with van der Waals surface area (Å²) in [4.78, 5) is 19.0. The van der Waals surface area contributed by atoms with Crippen molar-refractivity contribution in [1.82, 2.24) is 9.97 Å². The zero-order valence-electron chi connectivity index (χ0n) is 8.82. The number of benzene rings is 1. The number of nitrogens with zero attached hydrogens (tertiary/aromatic N) is 1. The number of Topliss-reactive ketones (excluding diaryl/α,β-unsaturated/α-hetero) is 1. The van der Waals surface area contributed by atoms with E-state index in [0.29, 0.717) is 0 Å². The second-order valence-electron chi connectivity index (χ2n) is 3.81. The van der Waals surface area contributed by atoms with Crippen molar-refractivity contribution < 1.29 is 4.79 Å². The number of hydrogen-bond acceptors (Lipinski definition) is 2. The number of aromatic nitrogens is 2. The average Bonchev–Trinajstić information content (AvgIpc) is 2.66. The van der Waals surface area contributed by atoms with Crippen LogP contribution in [0.3, 0.4) is 0 Å². The SMILES string of the molecule is CC(=O)c1cccc2[nH]c3ncccc3c12. The van der Waals surface area contributed by atoms with Gasteiger partial charge in [-0.25, -0.2) is 4.98 Å². The fourth-order valence-corrected chi connectivity index (χ4v) is 2.07. The van der Waals surface area contributed by atoms with Gasteiger partial charge >= 0.3 is 0 Å². The van der Waals surface area contributed by atoms with E-state index < -0.39 is 0 Å². The fraction of sp³-hybridized carbons (Fsp3) is 0.0769. The Bertz CT molecular complexity index is 697. The summed E-state index contributed by atoms with van der Waals surface area (Å²) in [6.07, 6.45) is 1.74. The highest BCUT2D eigenvalue weighted by Crippen LogP contribution is 2.27. The first-order valence-corrected chi connectivity index (χ1v) is 5.14. The van der Waals surface area contributed by atoms with Crippen molar-refractivity contribution in [3.05, 3.63) is 42.1 Å². The van der Waals surface area contributed by atoms with E-state index in [1.54, 1.807) is 13.1 Å². The van der Waals surface area contributed by atoms with Gasteiger partial charge in [-0.3, -0.25) is 4.79 Å². The van der Waals surface area contributed by atoms with Crippen LogP contribution in [-0.2, 0) is 0 Å². The molecule has 0 amide bonds. The van der Waals surface area contributed by atoms with Crippen molar-refractivity contribution in [2.45, 2.75) is 6.92 Å². The van der Waals surface area contributed by atoms with Crippen molar-refractivity contribution >= 4 is 27.7 Å². The Morgan fingerprint density at radius 1 is 1.25 bits per heavy atom. The minimum Gasteiger partial charge on any atom is -0.339 e. The van der Waals surface area contributed by atoms with Crippen molar-refractivity contribution in [2.24, 2.45) is 0 Å². The third-order valence-electron chi connectivity index (χ3n) is 2.77. The zero-order valence-corrected chi connectivity index (χ0v) is 8.82. The summed E-state index contributed by atoms with van der Waals surface area (Å²) in [5.74, 6) is 0.0790. The van der Waals surface area contributed by atoms with Gasteiger partial charge in [0.25, 0.3) is 0 Å². The highest BCUT2D eigenvalue weighted by Gasteiger charge is 2.11. The molecule has 78 valence electrons. The predicted molar refractivity (Wildman–Crippen MR) is 63.6 cm³/mol. The molecule has 0 aliphatic carbocycles. The number of hydrogen-bond donors (Lipinski definition) is 1. The van der Waals surface area contributed by atoms with Crippen molar-refractivity contribution in [3.63, 3.8) is 0 Å². The van der Waals surface area contributed by atoms with E-state index in [0.717, 1.165) is 27.5 Å². The van der Waals surface area contributed by atoms with Gasteiger partial charge in [-0.15, -0.1) is 0 Å². The van der Waals surface area contributed by atoms with E-state index >= 15 is 0 Å². The molecule has 0 atom stereocenters. The molecular formula is C13H10N2O. The molecule has 2 aromatic heterocycles. The Balaban J connectivity index is 2.57. The minimum atomic E-state index is 0.0790. The number of carbonyl (C=O) groups excluding carboxylic acids is 1. The summed E-state index contributed by atoms with van der Waals surface area (Å²) in [6.45, 7) is 1.59. The molecule has 2 heterocycles. The first-order chi connectivity index (χ1) is 7.77. The van der Waals surface area contributed by atoms with Crippen LogP contribution < -0.4 is 0 Å². The lowest BCUT2D eigenvalue weighted by Crippen LogP contribution is -1.91. The lowest BCUT2D eigenvalue weighted by molar-refractivity contribution is 0.101. The molecule has 1 aromatic carbocycles. The van der Waals surface area contributed by atoms with Gasteiger partial charge in [-0.2, -0.15) is 0 Å². The number of aromatic amines is 1. The van der Waals surface area contributed by atoms with Crippen LogP contribution >= 0.6 is 0 Å². The Hall–Kier alpha value is -2.16. The van der Waals surface area contributed by atoms with Crippen LogP contribution in [0.25, 0.3) is 21.9 Å². The summed E-state index contributed by atoms with van der Waals surface area (Å²) in [6, 6.07) is 9.56. The maximum Gasteiger partial charge on any atom is 0.160 e. The Morgan fingerprint density at radius 3 is 2.94 bits per heavy atom. The molecule has 16 heavy (non-hydrogen) atoms. The number of rotatable bonds is 1. The summed E-state index contributed by atoms with van der Waals surface area (Å²) < 4.78 is 0. The molecule has 0 aliphatic heterocycles. The molecule has 3 heteroatoms. The number of H-pyrrole nitrogens is 1. The van der Waals surface area contributed by atoms with Crippen LogP contribution in [-0.4, -0.2) is 15.8 Å². The summed E-state index contributed by atoms with van der Waals surface area (Å²) in [5.41, 5.74) is 2.53. The smallest absolute Gasteiger partial charge is 0.160 e. The van der Waals surface area contributed by atoms with Crippen LogP contribution in [0.1, 0.15) is 17.3 Å². The lowest BCUT2D eigenvalue weighted by Gasteiger charge is -1.98. The molecule has 0 aliphatic rings. The maximum atomic E-state index is 11.6. The van der Waals surface area contributed by atoms with E-state index in [1.807, 2.05) is 30.3 Å². The number of pyridine rings is 1. The van der Waals surface area contributed by atoms with Gasteiger partial charge in [0.2, 0.25) is 0 Å². The van der Waals surface area contributed by atoms with Crippen LogP contribution in [0.4, 0.5) is 0 Å². The molecule has 1 N–H and O–H groups in total. The van der Waals surface area contributed by atoms with E-state index in [9.17, 15) is 4.79 Å². The van der Waals surface area contributed by atoms with Gasteiger partial charge in [-0.05, 0) is 25.1 Å². The van der Waals surface area contributed by atoms with Crippen molar-refractivity contribution in [2.75, 3.05) is 0 Å². The standard InChI is InChI=1S/C13H10N2O/c1-8(16)9-4-2-6-11-12(9)10-5-3-7-14-13(10)15-11/h2-7H,1H3,(H,14,15). The monoisotopic (exact) mass is 210 g/mol. The first kappa shape index (κ1) is 9.09. The highest BCUT2D eigenvalue weighted by atomic mass is 16.1. The van der Waals surface area contributed by atoms with Crippen molar-refractivity contribution in [3.8, 4) is 0 Å². The van der Waals surface area contributed by atoms with E-state index in [2.05, 4.69) is 9.97 Å². The van der Waals surface area contributed by atoms with Gasteiger partial charge in [0, 0.05) is 28.0 Å². The maximum absolute atomic E-state index is 11.6. The predicted octanol–water partition coefficient (Wildman–Crippen LogP) is 2.92. The summed E-state index contributed by atoms with van der Waals surface area (Å²) in [5, 5.41) is 1.97. The van der Waals surface area contributed by atoms with E-state index in [1.165, 1.54) is 0 Å². The number of fused-ring (bicyclic) bond motifs is 3. The normalized spacial score (nSPS) is 11.1. The number of nitrogens with one attached hydrogen (secondary N) is 1. The molecule has 0 saturated carbocycles. The Labute approximate surface area is 92.1 Å². The molecule has 3 nitrogen and oxygen atoms in total. The summed E-state index contributed by atoms with van der Waals surface area (Å²) in [7, 11) is 0. The van der Waals surface area contributed by atoms with Gasteiger partial charge < -0.3 is 4.98 Å². The number of ketones is 1. The molecule has 0 unspecified atom stereocenters. The molecular weight excluding hydrogens is 200 g/mol. The van der Waals surface area contributed by atoms with E-state index in [4.69, 9.17) is 0 Å². The third-order valence-corrected chi connectivity index (χ3v) is 2.77. The van der Waals surface area contributed by atoms with Gasteiger partial charge in [0.05, 0.1) is 0 Å². The zero-order chi connectivity index (χ0) is 11.1. The Kier molecular flexibility index (Phi) is 1.80. The topological polar surface area (TPSA) is 45.8 Å². The molecule has 3 rings (SSSR count). The van der Waals surface area contributed by atoms with Crippen LogP contribution in [0.5, 0.6) is 0 Å². The summed E-state index contributed by atoms with van der Waals surface area (Å²) >= 11 is 0. The first-order valence-electron chi connectivity index (χ1n) is 5.14. The van der Waals surface area contributed by atoms with Gasteiger partial charge in [0.1, 0.15) is 5.65 Å². The fourth-order valence-electron chi connectivity index (χ4n) is 2.07. The third kappa shape index (κ3) is 1.15. The van der Waals surface area contributed by atoms with Gasteiger partial charge in [0.15, 0.2) is 5.78 Å². The second kappa shape index (κ2) is 3.17. The minimum absolute atomic E-state index is 0.0790. The molecule has 0 bridgehead atoms. The van der Waals surface area contributed by atoms with Crippen LogP contribution in [0, 0.1) is 0 Å².